The second kappa shape index (κ2) is 8.22. The first-order chi connectivity index (χ1) is 14.4. The van der Waals surface area contributed by atoms with Crippen LogP contribution in [-0.4, -0.2) is 34.0 Å². The minimum atomic E-state index is -0.742. The maximum atomic E-state index is 14.1. The van der Waals surface area contributed by atoms with E-state index < -0.39 is 23.0 Å². The highest BCUT2D eigenvalue weighted by molar-refractivity contribution is 5.94. The molecule has 0 radical (unpaired) electrons. The zero-order valence-corrected chi connectivity index (χ0v) is 16.5. The lowest BCUT2D eigenvalue weighted by Crippen LogP contribution is -2.47. The average Bonchev–Trinajstić information content (AvgIpc) is 3.24. The molecule has 8 heteroatoms. The van der Waals surface area contributed by atoms with Crippen LogP contribution in [0.1, 0.15) is 41.8 Å². The monoisotopic (exact) mass is 413 g/mol. The Balaban J connectivity index is 1.47. The Morgan fingerprint density at radius 1 is 1.23 bits per heavy atom. The molecule has 1 amide bonds. The van der Waals surface area contributed by atoms with E-state index in [9.17, 15) is 13.6 Å². The lowest BCUT2D eigenvalue weighted by atomic mass is 9.81. The Kier molecular flexibility index (Phi) is 5.48. The van der Waals surface area contributed by atoms with E-state index in [1.807, 2.05) is 37.3 Å². The van der Waals surface area contributed by atoms with Crippen molar-refractivity contribution in [2.45, 2.75) is 31.8 Å². The normalized spacial score (nSPS) is 19.0. The fourth-order valence-electron chi connectivity index (χ4n) is 3.65. The molecule has 1 aliphatic rings. The minimum Gasteiger partial charge on any atom is -0.484 e. The Morgan fingerprint density at radius 2 is 2.03 bits per heavy atom. The number of carbonyl (C=O) groups is 1. The Morgan fingerprint density at radius 3 is 2.83 bits per heavy atom. The number of aromatic nitrogens is 2. The molecule has 0 aliphatic carbocycles. The van der Waals surface area contributed by atoms with E-state index in [-0.39, 0.29) is 18.7 Å². The standard InChI is InChI=1S/C22H21F2N3O3/c1-22(21-25-19(30-26-21)13-29-16-6-3-2-4-7-16)10-5-11-27(14-22)20(28)17-12-15(23)8-9-18(17)24/h2-4,6-9,12H,5,10-11,13-14H2,1H3. The van der Waals surface area contributed by atoms with Gasteiger partial charge in [0.1, 0.15) is 17.4 Å². The zero-order chi connectivity index (χ0) is 21.1. The van der Waals surface area contributed by atoms with Crippen molar-refractivity contribution in [1.82, 2.24) is 15.0 Å². The molecule has 2 heterocycles. The average molecular weight is 413 g/mol. The van der Waals surface area contributed by atoms with Gasteiger partial charge in [-0.1, -0.05) is 30.3 Å². The predicted molar refractivity (Wildman–Crippen MR) is 104 cm³/mol. The third kappa shape index (κ3) is 4.17. The Bertz CT molecular complexity index is 1040. The van der Waals surface area contributed by atoms with Gasteiger partial charge in [0.15, 0.2) is 12.4 Å². The van der Waals surface area contributed by atoms with E-state index in [4.69, 9.17) is 9.26 Å². The molecule has 3 aromatic rings. The first-order valence-corrected chi connectivity index (χ1v) is 9.70. The summed E-state index contributed by atoms with van der Waals surface area (Å²) in [6, 6.07) is 12.2. The highest BCUT2D eigenvalue weighted by Crippen LogP contribution is 2.33. The van der Waals surface area contributed by atoms with Crippen molar-refractivity contribution in [3.63, 3.8) is 0 Å². The van der Waals surface area contributed by atoms with E-state index in [2.05, 4.69) is 10.1 Å². The van der Waals surface area contributed by atoms with Gasteiger partial charge in [-0.25, -0.2) is 8.78 Å². The maximum Gasteiger partial charge on any atom is 0.264 e. The van der Waals surface area contributed by atoms with Crippen LogP contribution in [0.15, 0.2) is 53.1 Å². The lowest BCUT2D eigenvalue weighted by Gasteiger charge is -2.38. The van der Waals surface area contributed by atoms with Crippen molar-refractivity contribution in [2.75, 3.05) is 13.1 Å². The molecule has 156 valence electrons. The van der Waals surface area contributed by atoms with Crippen LogP contribution < -0.4 is 4.74 Å². The van der Waals surface area contributed by atoms with Gasteiger partial charge >= 0.3 is 0 Å². The molecule has 30 heavy (non-hydrogen) atoms. The van der Waals surface area contributed by atoms with Crippen molar-refractivity contribution in [3.05, 3.63) is 77.4 Å². The Labute approximate surface area is 172 Å². The van der Waals surface area contributed by atoms with E-state index in [0.717, 1.165) is 24.6 Å². The summed E-state index contributed by atoms with van der Waals surface area (Å²) in [6.07, 6.45) is 1.42. The van der Waals surface area contributed by atoms with Gasteiger partial charge in [0, 0.05) is 18.5 Å². The van der Waals surface area contributed by atoms with Crippen molar-refractivity contribution in [2.24, 2.45) is 0 Å². The zero-order valence-electron chi connectivity index (χ0n) is 16.5. The van der Waals surface area contributed by atoms with Crippen molar-refractivity contribution >= 4 is 5.91 Å². The van der Waals surface area contributed by atoms with Gasteiger partial charge in [-0.05, 0) is 43.2 Å². The summed E-state index contributed by atoms with van der Waals surface area (Å²) in [5, 5.41) is 4.08. The number of hydrogen-bond donors (Lipinski definition) is 0. The molecular weight excluding hydrogens is 392 g/mol. The third-order valence-corrected chi connectivity index (χ3v) is 5.26. The number of halogens is 2. The topological polar surface area (TPSA) is 68.5 Å². The molecule has 1 atom stereocenters. The summed E-state index contributed by atoms with van der Waals surface area (Å²) in [4.78, 5) is 18.7. The van der Waals surface area contributed by atoms with E-state index in [1.54, 1.807) is 0 Å². The predicted octanol–water partition coefficient (Wildman–Crippen LogP) is 4.12. The number of benzene rings is 2. The Hall–Kier alpha value is -3.29. The van der Waals surface area contributed by atoms with Gasteiger partial charge in [-0.15, -0.1) is 0 Å². The molecule has 2 aromatic carbocycles. The fraction of sp³-hybridized carbons (Fsp3) is 0.318. The van der Waals surface area contributed by atoms with Gasteiger partial charge in [0.25, 0.3) is 11.8 Å². The van der Waals surface area contributed by atoms with Gasteiger partial charge < -0.3 is 14.2 Å². The SMILES string of the molecule is CC1(c2noc(COc3ccccc3)n2)CCCN(C(=O)c2cc(F)ccc2F)C1. The lowest BCUT2D eigenvalue weighted by molar-refractivity contribution is 0.0636. The summed E-state index contributed by atoms with van der Waals surface area (Å²) in [6.45, 7) is 2.79. The summed E-state index contributed by atoms with van der Waals surface area (Å²) in [7, 11) is 0. The molecule has 0 saturated carbocycles. The number of para-hydroxylation sites is 1. The summed E-state index contributed by atoms with van der Waals surface area (Å²) >= 11 is 0. The van der Waals surface area contributed by atoms with Crippen LogP contribution in [0.25, 0.3) is 0 Å². The van der Waals surface area contributed by atoms with Crippen LogP contribution in [0.3, 0.4) is 0 Å². The van der Waals surface area contributed by atoms with Gasteiger partial charge in [-0.3, -0.25) is 4.79 Å². The second-order valence-electron chi connectivity index (χ2n) is 7.63. The number of hydrogen-bond acceptors (Lipinski definition) is 5. The highest BCUT2D eigenvalue weighted by atomic mass is 19.1. The number of piperidine rings is 1. The third-order valence-electron chi connectivity index (χ3n) is 5.26. The van der Waals surface area contributed by atoms with Crippen LogP contribution in [0, 0.1) is 11.6 Å². The van der Waals surface area contributed by atoms with Crippen LogP contribution >= 0.6 is 0 Å². The number of amides is 1. The first-order valence-electron chi connectivity index (χ1n) is 9.70. The minimum absolute atomic E-state index is 0.129. The number of carbonyl (C=O) groups excluding carboxylic acids is 1. The van der Waals surface area contributed by atoms with Gasteiger partial charge in [0.05, 0.1) is 5.56 Å². The smallest absolute Gasteiger partial charge is 0.264 e. The summed E-state index contributed by atoms with van der Waals surface area (Å²) < 4.78 is 38.5. The van der Waals surface area contributed by atoms with E-state index in [1.165, 1.54) is 4.90 Å². The van der Waals surface area contributed by atoms with E-state index in [0.29, 0.717) is 30.4 Å². The molecule has 1 saturated heterocycles. The largest absolute Gasteiger partial charge is 0.484 e. The maximum absolute atomic E-state index is 14.1. The fourth-order valence-corrected chi connectivity index (χ4v) is 3.65. The second-order valence-corrected chi connectivity index (χ2v) is 7.63. The number of rotatable bonds is 5. The number of likely N-dealkylation sites (tertiary alicyclic amines) is 1. The van der Waals surface area contributed by atoms with Crippen molar-refractivity contribution in [1.29, 1.82) is 0 Å². The molecule has 1 unspecified atom stereocenters. The van der Waals surface area contributed by atoms with Gasteiger partial charge in [0.2, 0.25) is 0 Å². The molecule has 1 aromatic heterocycles. The first kappa shape index (κ1) is 20.0. The molecule has 1 fully saturated rings. The van der Waals surface area contributed by atoms with Crippen LogP contribution in [0.2, 0.25) is 0 Å². The molecular formula is C22H21F2N3O3. The van der Waals surface area contributed by atoms with Crippen LogP contribution in [0.5, 0.6) is 5.75 Å². The highest BCUT2D eigenvalue weighted by Gasteiger charge is 2.39. The molecule has 6 nitrogen and oxygen atoms in total. The summed E-state index contributed by atoms with van der Waals surface area (Å²) in [5.74, 6) is -0.459. The molecule has 0 N–H and O–H groups in total. The van der Waals surface area contributed by atoms with Crippen molar-refractivity contribution < 1.29 is 22.8 Å². The molecule has 1 aliphatic heterocycles. The molecule has 0 spiro atoms. The quantitative estimate of drug-likeness (QED) is 0.629. The van der Waals surface area contributed by atoms with Crippen LogP contribution in [0.4, 0.5) is 8.78 Å². The van der Waals surface area contributed by atoms with Gasteiger partial charge in [-0.2, -0.15) is 4.98 Å². The molecule has 0 bridgehead atoms. The number of nitrogens with zero attached hydrogens (tertiary/aromatic N) is 3. The van der Waals surface area contributed by atoms with E-state index >= 15 is 0 Å². The summed E-state index contributed by atoms with van der Waals surface area (Å²) in [5.41, 5.74) is -0.837. The number of ether oxygens (including phenoxy) is 1. The molecule has 4 rings (SSSR count). The van der Waals surface area contributed by atoms with Crippen LogP contribution in [-0.2, 0) is 12.0 Å². The van der Waals surface area contributed by atoms with Crippen molar-refractivity contribution in [3.8, 4) is 5.75 Å².